The Labute approximate surface area is 110 Å². The largest absolute Gasteiger partial charge is 0.490 e. The molecule has 3 rings (SSSR count). The van der Waals surface area contributed by atoms with Gasteiger partial charge in [0.1, 0.15) is 17.9 Å². The quantitative estimate of drug-likeness (QED) is 0.847. The lowest BCUT2D eigenvalue weighted by Crippen LogP contribution is -1.97. The summed E-state index contributed by atoms with van der Waals surface area (Å²) in [7, 11) is 0. The molecule has 2 aromatic rings. The van der Waals surface area contributed by atoms with E-state index >= 15 is 0 Å². The molecule has 0 saturated heterocycles. The first-order chi connectivity index (χ1) is 9.29. The lowest BCUT2D eigenvalue weighted by Gasteiger charge is -2.08. The van der Waals surface area contributed by atoms with Gasteiger partial charge in [0.15, 0.2) is 11.5 Å². The first-order valence-corrected chi connectivity index (χ1v) is 5.96. The monoisotopic (exact) mass is 256 g/mol. The number of ether oxygens (including phenoxy) is 2. The number of hydrogen-bond acceptors (Lipinski definition) is 5. The van der Waals surface area contributed by atoms with Crippen molar-refractivity contribution in [1.82, 2.24) is 0 Å². The molecule has 2 heterocycles. The third-order valence-electron chi connectivity index (χ3n) is 2.99. The molecule has 0 spiro atoms. The lowest BCUT2D eigenvalue weighted by molar-refractivity contribution is 0.297. The molecule has 1 aliphatic heterocycles. The fourth-order valence-corrected chi connectivity index (χ4v) is 2.03. The maximum absolute atomic E-state index is 9.09. The number of rotatable bonds is 1. The van der Waals surface area contributed by atoms with Gasteiger partial charge in [-0.1, -0.05) is 6.07 Å². The minimum Gasteiger partial charge on any atom is -0.490 e. The number of nitriles is 1. The average Bonchev–Trinajstić information content (AvgIpc) is 2.66. The van der Waals surface area contributed by atoms with E-state index in [9.17, 15) is 0 Å². The lowest BCUT2D eigenvalue weighted by atomic mass is 10.0. The van der Waals surface area contributed by atoms with Crippen molar-refractivity contribution in [1.29, 1.82) is 5.26 Å². The summed E-state index contributed by atoms with van der Waals surface area (Å²) in [6.07, 6.45) is 2.33. The van der Waals surface area contributed by atoms with Crippen LogP contribution in [0.4, 0.5) is 5.88 Å². The van der Waals surface area contributed by atoms with Gasteiger partial charge in [0.05, 0.1) is 13.2 Å². The second-order valence-corrected chi connectivity index (χ2v) is 4.21. The first kappa shape index (κ1) is 11.5. The SMILES string of the molecule is N#Cc1c(-c2ccc3c(c2)OCCCO3)coc1N. The van der Waals surface area contributed by atoms with Crippen LogP contribution in [0, 0.1) is 11.3 Å². The summed E-state index contributed by atoms with van der Waals surface area (Å²) in [6, 6.07) is 7.58. The van der Waals surface area contributed by atoms with E-state index in [0.717, 1.165) is 17.7 Å². The molecule has 19 heavy (non-hydrogen) atoms. The van der Waals surface area contributed by atoms with Crippen LogP contribution in [-0.2, 0) is 0 Å². The Balaban J connectivity index is 2.07. The fourth-order valence-electron chi connectivity index (χ4n) is 2.03. The maximum Gasteiger partial charge on any atom is 0.208 e. The molecule has 0 aliphatic carbocycles. The van der Waals surface area contributed by atoms with Gasteiger partial charge in [-0.3, -0.25) is 0 Å². The summed E-state index contributed by atoms with van der Waals surface area (Å²) in [5, 5.41) is 9.09. The summed E-state index contributed by atoms with van der Waals surface area (Å²) >= 11 is 0. The number of nitrogens with two attached hydrogens (primary N) is 1. The Morgan fingerprint density at radius 3 is 2.74 bits per heavy atom. The summed E-state index contributed by atoms with van der Waals surface area (Å²) < 4.78 is 16.3. The Hall–Kier alpha value is -2.61. The second-order valence-electron chi connectivity index (χ2n) is 4.21. The van der Waals surface area contributed by atoms with E-state index in [-0.39, 0.29) is 5.88 Å². The minimum atomic E-state index is 0.129. The molecule has 1 aromatic carbocycles. The first-order valence-electron chi connectivity index (χ1n) is 5.96. The summed E-state index contributed by atoms with van der Waals surface area (Å²) in [5.41, 5.74) is 7.43. The molecule has 1 aromatic heterocycles. The number of anilines is 1. The topological polar surface area (TPSA) is 81.4 Å². The molecule has 0 saturated carbocycles. The van der Waals surface area contributed by atoms with Crippen LogP contribution in [0.25, 0.3) is 11.1 Å². The van der Waals surface area contributed by atoms with Crippen molar-refractivity contribution in [2.45, 2.75) is 6.42 Å². The zero-order valence-corrected chi connectivity index (χ0v) is 10.2. The van der Waals surface area contributed by atoms with Crippen LogP contribution in [0.1, 0.15) is 12.0 Å². The Kier molecular flexibility index (Phi) is 2.76. The van der Waals surface area contributed by atoms with Crippen molar-refractivity contribution in [3.63, 3.8) is 0 Å². The van der Waals surface area contributed by atoms with Crippen molar-refractivity contribution in [2.75, 3.05) is 18.9 Å². The number of benzene rings is 1. The van der Waals surface area contributed by atoms with E-state index in [4.69, 9.17) is 24.9 Å². The van der Waals surface area contributed by atoms with E-state index in [2.05, 4.69) is 0 Å². The smallest absolute Gasteiger partial charge is 0.208 e. The molecule has 2 N–H and O–H groups in total. The van der Waals surface area contributed by atoms with E-state index in [1.807, 2.05) is 24.3 Å². The highest BCUT2D eigenvalue weighted by Gasteiger charge is 2.16. The molecule has 0 radical (unpaired) electrons. The van der Waals surface area contributed by atoms with Gasteiger partial charge in [0.2, 0.25) is 5.88 Å². The summed E-state index contributed by atoms with van der Waals surface area (Å²) in [6.45, 7) is 1.27. The van der Waals surface area contributed by atoms with E-state index in [1.54, 1.807) is 0 Å². The molecule has 0 fully saturated rings. The van der Waals surface area contributed by atoms with Crippen LogP contribution in [0.5, 0.6) is 11.5 Å². The Bertz CT molecular complexity index is 655. The average molecular weight is 256 g/mol. The van der Waals surface area contributed by atoms with Crippen molar-refractivity contribution in [3.05, 3.63) is 30.0 Å². The second kappa shape index (κ2) is 4.58. The van der Waals surface area contributed by atoms with Gasteiger partial charge in [0.25, 0.3) is 0 Å². The van der Waals surface area contributed by atoms with Gasteiger partial charge < -0.3 is 19.6 Å². The molecular formula is C14H12N2O3. The van der Waals surface area contributed by atoms with Gasteiger partial charge in [-0.05, 0) is 17.7 Å². The van der Waals surface area contributed by atoms with Crippen LogP contribution in [0.3, 0.4) is 0 Å². The molecule has 0 atom stereocenters. The maximum atomic E-state index is 9.09. The van der Waals surface area contributed by atoms with E-state index in [1.165, 1.54) is 6.26 Å². The Morgan fingerprint density at radius 2 is 1.95 bits per heavy atom. The van der Waals surface area contributed by atoms with Gasteiger partial charge in [0, 0.05) is 12.0 Å². The third-order valence-corrected chi connectivity index (χ3v) is 2.99. The number of fused-ring (bicyclic) bond motifs is 1. The molecule has 0 unspecified atom stereocenters. The highest BCUT2D eigenvalue weighted by Crippen LogP contribution is 2.36. The van der Waals surface area contributed by atoms with Gasteiger partial charge in [-0.2, -0.15) is 5.26 Å². The minimum absolute atomic E-state index is 0.129. The third kappa shape index (κ3) is 1.97. The van der Waals surface area contributed by atoms with Gasteiger partial charge in [-0.15, -0.1) is 0 Å². The van der Waals surface area contributed by atoms with Crippen LogP contribution < -0.4 is 15.2 Å². The van der Waals surface area contributed by atoms with Crippen molar-refractivity contribution < 1.29 is 13.9 Å². The molecule has 5 nitrogen and oxygen atoms in total. The van der Waals surface area contributed by atoms with Crippen molar-refractivity contribution >= 4 is 5.88 Å². The normalized spacial score (nSPS) is 13.6. The number of nitrogen functional groups attached to an aromatic ring is 1. The molecule has 96 valence electrons. The fraction of sp³-hybridized carbons (Fsp3) is 0.214. The van der Waals surface area contributed by atoms with Gasteiger partial charge in [-0.25, -0.2) is 0 Å². The molecule has 0 amide bonds. The van der Waals surface area contributed by atoms with Crippen LogP contribution in [0.2, 0.25) is 0 Å². The van der Waals surface area contributed by atoms with Crippen molar-refractivity contribution in [3.8, 4) is 28.7 Å². The standard InChI is InChI=1S/C14H12N2O3/c15-7-10-11(8-19-14(10)16)9-2-3-12-13(6-9)18-5-1-4-17-12/h2-3,6,8H,1,4-5,16H2. The number of nitrogens with zero attached hydrogens (tertiary/aromatic N) is 1. The van der Waals surface area contributed by atoms with Gasteiger partial charge >= 0.3 is 0 Å². The Morgan fingerprint density at radius 1 is 1.16 bits per heavy atom. The highest BCUT2D eigenvalue weighted by atomic mass is 16.5. The van der Waals surface area contributed by atoms with Crippen LogP contribution in [-0.4, -0.2) is 13.2 Å². The molecule has 0 bridgehead atoms. The highest BCUT2D eigenvalue weighted by molar-refractivity contribution is 5.76. The number of hydrogen-bond donors (Lipinski definition) is 1. The number of furan rings is 1. The van der Waals surface area contributed by atoms with E-state index < -0.39 is 0 Å². The predicted molar refractivity (Wildman–Crippen MR) is 68.9 cm³/mol. The molecular weight excluding hydrogens is 244 g/mol. The zero-order chi connectivity index (χ0) is 13.2. The molecule has 1 aliphatic rings. The molecule has 5 heteroatoms. The van der Waals surface area contributed by atoms with Crippen molar-refractivity contribution in [2.24, 2.45) is 0 Å². The summed E-state index contributed by atoms with van der Waals surface area (Å²) in [4.78, 5) is 0. The van der Waals surface area contributed by atoms with E-state index in [0.29, 0.717) is 30.1 Å². The zero-order valence-electron chi connectivity index (χ0n) is 10.2. The predicted octanol–water partition coefficient (Wildman–Crippen LogP) is 2.56. The van der Waals surface area contributed by atoms with Crippen LogP contribution in [0.15, 0.2) is 28.9 Å². The summed E-state index contributed by atoms with van der Waals surface area (Å²) in [5.74, 6) is 1.53. The van der Waals surface area contributed by atoms with Crippen LogP contribution >= 0.6 is 0 Å².